The number of nitrogens with one attached hydrogen (secondary N) is 1. The third-order valence-corrected chi connectivity index (χ3v) is 3.94. The highest BCUT2D eigenvalue weighted by molar-refractivity contribution is 5.67. The Kier molecular flexibility index (Phi) is 4.83. The summed E-state index contributed by atoms with van der Waals surface area (Å²) < 4.78 is 0. The number of rotatable bonds is 5. The second-order valence-electron chi connectivity index (χ2n) is 5.70. The van der Waals surface area contributed by atoms with Crippen LogP contribution < -0.4 is 5.32 Å². The van der Waals surface area contributed by atoms with Crippen molar-refractivity contribution in [2.75, 3.05) is 5.32 Å². The van der Waals surface area contributed by atoms with E-state index in [1.165, 1.54) is 25.7 Å². The molecule has 2 rings (SSSR count). The normalized spacial score (nSPS) is 23.0. The number of anilines is 1. The highest BCUT2D eigenvalue weighted by atomic mass is 16.4. The lowest BCUT2D eigenvalue weighted by Gasteiger charge is -2.27. The van der Waals surface area contributed by atoms with E-state index in [0.717, 1.165) is 17.2 Å². The molecule has 1 aromatic rings. The molecule has 1 aliphatic carbocycles. The third kappa shape index (κ3) is 4.58. The zero-order valence-electron chi connectivity index (χ0n) is 11.6. The summed E-state index contributed by atoms with van der Waals surface area (Å²) in [5.41, 5.74) is 2.22. The van der Waals surface area contributed by atoms with Crippen LogP contribution in [0.2, 0.25) is 0 Å². The van der Waals surface area contributed by atoms with Gasteiger partial charge in [-0.15, -0.1) is 0 Å². The first-order valence-electron chi connectivity index (χ1n) is 7.21. The van der Waals surface area contributed by atoms with Crippen molar-refractivity contribution in [2.24, 2.45) is 5.92 Å². The second-order valence-corrected chi connectivity index (χ2v) is 5.70. The number of hydrogen-bond donors (Lipinski definition) is 2. The van der Waals surface area contributed by atoms with Gasteiger partial charge in [0.15, 0.2) is 0 Å². The zero-order valence-corrected chi connectivity index (χ0v) is 11.6. The molecule has 2 N–H and O–H groups in total. The van der Waals surface area contributed by atoms with E-state index in [-0.39, 0.29) is 6.42 Å². The van der Waals surface area contributed by atoms with Gasteiger partial charge < -0.3 is 10.4 Å². The van der Waals surface area contributed by atoms with Crippen molar-refractivity contribution in [2.45, 2.75) is 51.5 Å². The molecule has 0 unspecified atom stereocenters. The van der Waals surface area contributed by atoms with Gasteiger partial charge in [0.05, 0.1) is 0 Å². The zero-order chi connectivity index (χ0) is 13.7. The highest BCUT2D eigenvalue weighted by Crippen LogP contribution is 2.26. The smallest absolute Gasteiger partial charge is 0.303 e. The van der Waals surface area contributed by atoms with Gasteiger partial charge in [0.2, 0.25) is 0 Å². The van der Waals surface area contributed by atoms with E-state index in [0.29, 0.717) is 12.5 Å². The molecule has 0 atom stereocenters. The van der Waals surface area contributed by atoms with Gasteiger partial charge in [-0.25, -0.2) is 0 Å². The molecule has 0 aliphatic heterocycles. The predicted molar refractivity (Wildman–Crippen MR) is 77.4 cm³/mol. The molecule has 3 heteroatoms. The van der Waals surface area contributed by atoms with E-state index in [1.54, 1.807) is 0 Å². The number of hydrogen-bond acceptors (Lipinski definition) is 2. The number of aryl methyl sites for hydroxylation is 1. The molecule has 0 spiro atoms. The minimum Gasteiger partial charge on any atom is -0.481 e. The summed E-state index contributed by atoms with van der Waals surface area (Å²) in [7, 11) is 0. The maximum absolute atomic E-state index is 10.6. The average Bonchev–Trinajstić information content (AvgIpc) is 2.40. The maximum atomic E-state index is 10.6. The molecule has 0 radical (unpaired) electrons. The summed E-state index contributed by atoms with van der Waals surface area (Å²) in [6.07, 6.45) is 5.88. The maximum Gasteiger partial charge on any atom is 0.303 e. The first-order chi connectivity index (χ1) is 9.13. The molecule has 1 fully saturated rings. The fraction of sp³-hybridized carbons (Fsp3) is 0.562. The molecular weight excluding hydrogens is 238 g/mol. The van der Waals surface area contributed by atoms with Crippen LogP contribution in [0.5, 0.6) is 0 Å². The molecule has 0 aromatic heterocycles. The average molecular weight is 261 g/mol. The van der Waals surface area contributed by atoms with Crippen molar-refractivity contribution in [3.63, 3.8) is 0 Å². The van der Waals surface area contributed by atoms with E-state index in [4.69, 9.17) is 5.11 Å². The molecular formula is C16H23NO2. The van der Waals surface area contributed by atoms with Gasteiger partial charge in [-0.2, -0.15) is 0 Å². The van der Waals surface area contributed by atoms with Crippen LogP contribution in [0.3, 0.4) is 0 Å². The van der Waals surface area contributed by atoms with Crippen LogP contribution in [0.15, 0.2) is 24.3 Å². The number of aliphatic carboxylic acids is 1. The van der Waals surface area contributed by atoms with Gasteiger partial charge in [-0.3, -0.25) is 4.79 Å². The van der Waals surface area contributed by atoms with E-state index in [2.05, 4.69) is 24.4 Å². The van der Waals surface area contributed by atoms with Crippen molar-refractivity contribution in [1.29, 1.82) is 0 Å². The van der Waals surface area contributed by atoms with Gasteiger partial charge >= 0.3 is 5.97 Å². The molecule has 104 valence electrons. The lowest BCUT2D eigenvalue weighted by molar-refractivity contribution is -0.136. The van der Waals surface area contributed by atoms with Gasteiger partial charge in [0, 0.05) is 18.2 Å². The Balaban J connectivity index is 1.89. The molecule has 1 saturated carbocycles. The molecule has 0 amide bonds. The highest BCUT2D eigenvalue weighted by Gasteiger charge is 2.17. The Morgan fingerprint density at radius 3 is 2.74 bits per heavy atom. The molecule has 0 heterocycles. The van der Waals surface area contributed by atoms with E-state index in [9.17, 15) is 4.79 Å². The van der Waals surface area contributed by atoms with Crippen LogP contribution in [-0.2, 0) is 11.2 Å². The van der Waals surface area contributed by atoms with Crippen LogP contribution in [0.4, 0.5) is 5.69 Å². The Morgan fingerprint density at radius 2 is 2.05 bits per heavy atom. The summed E-state index contributed by atoms with van der Waals surface area (Å²) in [6, 6.07) is 8.73. The van der Waals surface area contributed by atoms with Crippen LogP contribution in [0, 0.1) is 5.92 Å². The summed E-state index contributed by atoms with van der Waals surface area (Å²) in [6.45, 7) is 2.32. The molecule has 1 aromatic carbocycles. The lowest BCUT2D eigenvalue weighted by Crippen LogP contribution is -2.25. The van der Waals surface area contributed by atoms with Gasteiger partial charge in [-0.05, 0) is 55.7 Å². The fourth-order valence-corrected chi connectivity index (χ4v) is 2.71. The fourth-order valence-electron chi connectivity index (χ4n) is 2.71. The second kappa shape index (κ2) is 6.60. The summed E-state index contributed by atoms with van der Waals surface area (Å²) >= 11 is 0. The Labute approximate surface area is 115 Å². The van der Waals surface area contributed by atoms with Crippen LogP contribution in [0.1, 0.15) is 44.6 Å². The van der Waals surface area contributed by atoms with E-state index < -0.39 is 5.97 Å². The monoisotopic (exact) mass is 261 g/mol. The Hall–Kier alpha value is -1.51. The molecule has 0 saturated heterocycles. The SMILES string of the molecule is CC1CCC(Nc2cccc(CCC(=O)O)c2)CC1. The summed E-state index contributed by atoms with van der Waals surface area (Å²) in [4.78, 5) is 10.6. The summed E-state index contributed by atoms with van der Waals surface area (Å²) in [5, 5.41) is 12.3. The molecule has 0 bridgehead atoms. The number of carboxylic acid groups (broad SMARTS) is 1. The van der Waals surface area contributed by atoms with Crippen molar-refractivity contribution < 1.29 is 9.90 Å². The van der Waals surface area contributed by atoms with Crippen LogP contribution in [-0.4, -0.2) is 17.1 Å². The van der Waals surface area contributed by atoms with Crippen molar-refractivity contribution >= 4 is 11.7 Å². The quantitative estimate of drug-likeness (QED) is 0.849. The lowest BCUT2D eigenvalue weighted by atomic mass is 9.87. The van der Waals surface area contributed by atoms with Gasteiger partial charge in [-0.1, -0.05) is 19.1 Å². The van der Waals surface area contributed by atoms with Crippen LogP contribution >= 0.6 is 0 Å². The third-order valence-electron chi connectivity index (χ3n) is 3.94. The predicted octanol–water partition coefficient (Wildman–Crippen LogP) is 3.69. The first kappa shape index (κ1) is 13.9. The molecule has 1 aliphatic rings. The Morgan fingerprint density at radius 1 is 1.32 bits per heavy atom. The standard InChI is InChI=1S/C16H23NO2/c1-12-5-8-14(9-6-12)17-15-4-2-3-13(11-15)7-10-16(18)19/h2-4,11-12,14,17H,5-10H2,1H3,(H,18,19). The topological polar surface area (TPSA) is 49.3 Å². The number of carbonyl (C=O) groups is 1. The number of benzene rings is 1. The van der Waals surface area contributed by atoms with Crippen LogP contribution in [0.25, 0.3) is 0 Å². The number of carboxylic acids is 1. The minimum absolute atomic E-state index is 0.199. The van der Waals surface area contributed by atoms with Crippen molar-refractivity contribution in [1.82, 2.24) is 0 Å². The van der Waals surface area contributed by atoms with Gasteiger partial charge in [0.25, 0.3) is 0 Å². The molecule has 19 heavy (non-hydrogen) atoms. The molecule has 3 nitrogen and oxygen atoms in total. The van der Waals surface area contributed by atoms with Crippen molar-refractivity contribution in [3.8, 4) is 0 Å². The Bertz CT molecular complexity index is 423. The van der Waals surface area contributed by atoms with E-state index >= 15 is 0 Å². The summed E-state index contributed by atoms with van der Waals surface area (Å²) in [5.74, 6) is 0.125. The van der Waals surface area contributed by atoms with Gasteiger partial charge in [0.1, 0.15) is 0 Å². The van der Waals surface area contributed by atoms with E-state index in [1.807, 2.05) is 12.1 Å². The largest absolute Gasteiger partial charge is 0.481 e. The van der Waals surface area contributed by atoms with Crippen molar-refractivity contribution in [3.05, 3.63) is 29.8 Å². The first-order valence-corrected chi connectivity index (χ1v) is 7.21. The minimum atomic E-state index is -0.736.